The van der Waals surface area contributed by atoms with Crippen molar-refractivity contribution in [3.05, 3.63) is 225 Å². The molecule has 0 aliphatic rings. The third kappa shape index (κ3) is 6.01. The van der Waals surface area contributed by atoms with Crippen LogP contribution in [0.15, 0.2) is 229 Å². The monoisotopic (exact) mass is 823 g/mol. The molecular weight excluding hydrogens is 787 g/mol. The largest absolute Gasteiger partial charge is 0.454 e. The van der Waals surface area contributed by atoms with E-state index in [0.717, 1.165) is 60.4 Å². The molecule has 0 N–H and O–H groups in total. The van der Waals surface area contributed by atoms with E-state index in [-0.39, 0.29) is 0 Å². The molecule has 12 aromatic rings. The maximum atomic E-state index is 6.34. The summed E-state index contributed by atoms with van der Waals surface area (Å²) in [7, 11) is -2.87. The minimum atomic E-state index is -2.87. The summed E-state index contributed by atoms with van der Waals surface area (Å²) in [5.74, 6) is 1.66. The van der Waals surface area contributed by atoms with E-state index in [1.165, 1.54) is 20.7 Å². The van der Waals surface area contributed by atoms with Crippen LogP contribution in [0.5, 0.6) is 0 Å². The van der Waals surface area contributed by atoms with Gasteiger partial charge in [0, 0.05) is 38.9 Å². The topological polar surface area (TPSA) is 69.6 Å². The van der Waals surface area contributed by atoms with Gasteiger partial charge in [-0.15, -0.1) is 0 Å². The Balaban J connectivity index is 1.14. The summed E-state index contributed by atoms with van der Waals surface area (Å²) < 4.78 is 8.53. The molecule has 4 heterocycles. The molecule has 0 fully saturated rings. The molecule has 0 spiro atoms. The van der Waals surface area contributed by atoms with Crippen molar-refractivity contribution in [1.29, 1.82) is 0 Å². The Labute approximate surface area is 364 Å². The summed E-state index contributed by atoms with van der Waals surface area (Å²) in [5.41, 5.74) is 7.54. The van der Waals surface area contributed by atoms with Crippen molar-refractivity contribution < 1.29 is 4.42 Å². The fraction of sp³-hybridized carbons (Fsp3) is 0. The van der Waals surface area contributed by atoms with Gasteiger partial charge in [0.1, 0.15) is 5.58 Å². The van der Waals surface area contributed by atoms with E-state index in [4.69, 9.17) is 19.4 Å². The molecule has 12 rings (SSSR count). The van der Waals surface area contributed by atoms with Crippen LogP contribution in [0, 0.1) is 0 Å². The SMILES string of the molecule is c1ccc(-c2ccc3c(c2)c2ccccc2n3-c2nc(-c3cccc([Si](c4ccccc4)(c4ccccc4)c4ccccc4)c3)nc(-c3cccc4oc5cnccc5c34)n2)cc1. The Morgan fingerprint density at radius 1 is 0.397 bits per heavy atom. The number of nitrogens with zero attached hydrogens (tertiary/aromatic N) is 5. The Morgan fingerprint density at radius 3 is 1.73 bits per heavy atom. The number of hydrogen-bond acceptors (Lipinski definition) is 5. The summed E-state index contributed by atoms with van der Waals surface area (Å²) in [4.78, 5) is 20.6. The van der Waals surface area contributed by atoms with Gasteiger partial charge in [-0.05, 0) is 62.2 Å². The predicted octanol–water partition coefficient (Wildman–Crippen LogP) is 10.6. The highest BCUT2D eigenvalue weighted by Gasteiger charge is 2.41. The lowest BCUT2D eigenvalue weighted by molar-refractivity contribution is 0.667. The van der Waals surface area contributed by atoms with Crippen LogP contribution in [0.25, 0.3) is 83.6 Å². The zero-order valence-corrected chi connectivity index (χ0v) is 35.0. The summed E-state index contributed by atoms with van der Waals surface area (Å²) in [5, 5.41) is 9.25. The Hall–Kier alpha value is -8.26. The lowest BCUT2D eigenvalue weighted by Crippen LogP contribution is -2.74. The zero-order chi connectivity index (χ0) is 41.7. The van der Waals surface area contributed by atoms with Crippen molar-refractivity contribution in [1.82, 2.24) is 24.5 Å². The minimum Gasteiger partial charge on any atom is -0.454 e. The molecule has 0 bridgehead atoms. The molecule has 6 nitrogen and oxygen atoms in total. The number of para-hydroxylation sites is 1. The van der Waals surface area contributed by atoms with E-state index in [1.807, 2.05) is 18.2 Å². The van der Waals surface area contributed by atoms with E-state index in [2.05, 4.69) is 204 Å². The minimum absolute atomic E-state index is 0.531. The number of aromatic nitrogens is 5. The molecule has 7 heteroatoms. The van der Waals surface area contributed by atoms with Crippen molar-refractivity contribution >= 4 is 72.6 Å². The van der Waals surface area contributed by atoms with Gasteiger partial charge < -0.3 is 4.42 Å². The van der Waals surface area contributed by atoms with Crippen LogP contribution in [0.1, 0.15) is 0 Å². The van der Waals surface area contributed by atoms with Crippen molar-refractivity contribution in [2.75, 3.05) is 0 Å². The summed E-state index contributed by atoms with van der Waals surface area (Å²) in [6.07, 6.45) is 3.56. The highest BCUT2D eigenvalue weighted by Crippen LogP contribution is 2.38. The quantitative estimate of drug-likeness (QED) is 0.113. The molecule has 8 aromatic carbocycles. The lowest BCUT2D eigenvalue weighted by atomic mass is 10.0. The highest BCUT2D eigenvalue weighted by molar-refractivity contribution is 7.19. The molecule has 0 unspecified atom stereocenters. The maximum absolute atomic E-state index is 6.34. The molecule has 0 aliphatic heterocycles. The first kappa shape index (κ1) is 36.6. The smallest absolute Gasteiger partial charge is 0.238 e. The van der Waals surface area contributed by atoms with Crippen LogP contribution >= 0.6 is 0 Å². The number of fused-ring (bicyclic) bond motifs is 6. The van der Waals surface area contributed by atoms with Crippen LogP contribution in [-0.2, 0) is 0 Å². The highest BCUT2D eigenvalue weighted by atomic mass is 28.3. The van der Waals surface area contributed by atoms with Crippen LogP contribution in [0.3, 0.4) is 0 Å². The number of furan rings is 1. The number of rotatable bonds is 8. The van der Waals surface area contributed by atoms with Crippen LogP contribution in [0.4, 0.5) is 0 Å². The van der Waals surface area contributed by atoms with E-state index >= 15 is 0 Å². The first-order chi connectivity index (χ1) is 31.2. The van der Waals surface area contributed by atoms with Crippen LogP contribution < -0.4 is 20.7 Å². The summed E-state index contributed by atoms with van der Waals surface area (Å²) >= 11 is 0. The van der Waals surface area contributed by atoms with Gasteiger partial charge in [-0.25, -0.2) is 4.98 Å². The molecule has 296 valence electrons. The summed E-state index contributed by atoms with van der Waals surface area (Å²) in [6.45, 7) is 0. The van der Waals surface area contributed by atoms with E-state index in [9.17, 15) is 0 Å². The standard InChI is InChI=1S/C56H37N5OSi/c1-5-17-38(18-6-1)39-31-32-50-48(36-39)45-27-13-14-29-49(45)61(50)56-59-54(58-55(60-56)47-28-16-30-51-53(47)46-33-34-57-37-52(46)62-51)40-19-15-26-44(35-40)63(41-20-7-2-8-21-41,42-22-9-3-10-23-42)43-24-11-4-12-25-43/h1-37H. The molecule has 0 saturated carbocycles. The third-order valence-corrected chi connectivity index (χ3v) is 17.1. The second-order valence-corrected chi connectivity index (χ2v) is 19.6. The molecular formula is C56H37N5OSi. The lowest BCUT2D eigenvalue weighted by Gasteiger charge is -2.34. The Morgan fingerprint density at radius 2 is 1.00 bits per heavy atom. The van der Waals surface area contributed by atoms with Gasteiger partial charge in [0.15, 0.2) is 25.3 Å². The Kier molecular flexibility index (Phi) is 8.72. The first-order valence-electron chi connectivity index (χ1n) is 21.1. The van der Waals surface area contributed by atoms with Gasteiger partial charge in [0.05, 0.1) is 17.2 Å². The molecule has 0 saturated heterocycles. The molecule has 0 radical (unpaired) electrons. The van der Waals surface area contributed by atoms with E-state index in [0.29, 0.717) is 23.2 Å². The van der Waals surface area contributed by atoms with Crippen molar-refractivity contribution in [3.63, 3.8) is 0 Å². The van der Waals surface area contributed by atoms with Gasteiger partial charge in [0.25, 0.3) is 0 Å². The zero-order valence-electron chi connectivity index (χ0n) is 34.0. The van der Waals surface area contributed by atoms with E-state index < -0.39 is 8.07 Å². The van der Waals surface area contributed by atoms with E-state index in [1.54, 1.807) is 12.4 Å². The average Bonchev–Trinajstić information content (AvgIpc) is 3.91. The van der Waals surface area contributed by atoms with Gasteiger partial charge in [-0.1, -0.05) is 182 Å². The van der Waals surface area contributed by atoms with Crippen molar-refractivity contribution in [2.24, 2.45) is 0 Å². The number of hydrogen-bond donors (Lipinski definition) is 0. The molecule has 63 heavy (non-hydrogen) atoms. The predicted molar refractivity (Wildman–Crippen MR) is 259 cm³/mol. The third-order valence-electron chi connectivity index (χ3n) is 12.3. The summed E-state index contributed by atoms with van der Waals surface area (Å²) in [6, 6.07) is 75.6. The van der Waals surface area contributed by atoms with Gasteiger partial charge in [0.2, 0.25) is 5.95 Å². The van der Waals surface area contributed by atoms with Gasteiger partial charge in [-0.3, -0.25) is 9.55 Å². The van der Waals surface area contributed by atoms with Crippen molar-refractivity contribution in [3.8, 4) is 39.9 Å². The average molecular weight is 824 g/mol. The second-order valence-electron chi connectivity index (χ2n) is 15.8. The van der Waals surface area contributed by atoms with Crippen molar-refractivity contribution in [2.45, 2.75) is 0 Å². The Bertz CT molecular complexity index is 3530. The normalized spacial score (nSPS) is 11.8. The molecule has 4 aromatic heterocycles. The second kappa shape index (κ2) is 15.0. The first-order valence-corrected chi connectivity index (χ1v) is 23.1. The molecule has 0 atom stereocenters. The maximum Gasteiger partial charge on any atom is 0.238 e. The number of pyridine rings is 1. The molecule has 0 aliphatic carbocycles. The van der Waals surface area contributed by atoms with Gasteiger partial charge >= 0.3 is 0 Å². The van der Waals surface area contributed by atoms with Gasteiger partial charge in [-0.2, -0.15) is 9.97 Å². The number of benzene rings is 8. The fourth-order valence-electron chi connectivity index (χ4n) is 9.54. The molecule has 0 amide bonds. The fourth-order valence-corrected chi connectivity index (χ4v) is 14.3. The van der Waals surface area contributed by atoms with Crippen LogP contribution in [-0.4, -0.2) is 32.6 Å². The van der Waals surface area contributed by atoms with Crippen LogP contribution in [0.2, 0.25) is 0 Å².